The highest BCUT2D eigenvalue weighted by atomic mass is 79.9. The van der Waals surface area contributed by atoms with Crippen LogP contribution < -0.4 is 0 Å². The molecule has 0 unspecified atom stereocenters. The maximum Gasteiger partial charge on any atom is 0.0214 e. The maximum absolute atomic E-state index is 3.46. The van der Waals surface area contributed by atoms with Crippen LogP contribution in [0.15, 0.2) is 58.2 Å². The molecular formula is C25H41Br. The molecule has 148 valence electrons. The van der Waals surface area contributed by atoms with E-state index in [0.717, 1.165) is 5.33 Å². The van der Waals surface area contributed by atoms with E-state index in [-0.39, 0.29) is 0 Å². The summed E-state index contributed by atoms with van der Waals surface area (Å²) in [5, 5.41) is 0.968. The minimum Gasteiger partial charge on any atom is -0.0883 e. The van der Waals surface area contributed by atoms with E-state index in [4.69, 9.17) is 0 Å². The van der Waals surface area contributed by atoms with Gasteiger partial charge in [0.2, 0.25) is 0 Å². The number of rotatable bonds is 13. The van der Waals surface area contributed by atoms with Crippen LogP contribution in [0.5, 0.6) is 0 Å². The Labute approximate surface area is 172 Å². The smallest absolute Gasteiger partial charge is 0.0214 e. The molecule has 0 aromatic carbocycles. The average Bonchev–Trinajstić information content (AvgIpc) is 2.54. The van der Waals surface area contributed by atoms with Gasteiger partial charge < -0.3 is 0 Å². The quantitative estimate of drug-likeness (QED) is 0.205. The molecule has 0 nitrogen and oxygen atoms in total. The first-order chi connectivity index (χ1) is 12.3. The van der Waals surface area contributed by atoms with Gasteiger partial charge in [0.15, 0.2) is 0 Å². The number of hydrogen-bond acceptors (Lipinski definition) is 0. The lowest BCUT2D eigenvalue weighted by atomic mass is 10.0. The van der Waals surface area contributed by atoms with Gasteiger partial charge in [0.25, 0.3) is 0 Å². The Bertz CT molecular complexity index is 522. The number of hydrogen-bond donors (Lipinski definition) is 0. The summed E-state index contributed by atoms with van der Waals surface area (Å²) in [6.07, 6.45) is 21.3. The molecule has 0 bridgehead atoms. The van der Waals surface area contributed by atoms with E-state index in [1.54, 1.807) is 0 Å². The highest BCUT2D eigenvalue weighted by molar-refractivity contribution is 9.09. The van der Waals surface area contributed by atoms with Gasteiger partial charge in [0.05, 0.1) is 0 Å². The first-order valence-corrected chi connectivity index (χ1v) is 11.3. The van der Waals surface area contributed by atoms with E-state index in [1.165, 1.54) is 79.2 Å². The molecule has 26 heavy (non-hydrogen) atoms. The van der Waals surface area contributed by atoms with Crippen molar-refractivity contribution in [3.63, 3.8) is 0 Å². The third-order valence-electron chi connectivity index (χ3n) is 4.61. The third kappa shape index (κ3) is 16.6. The van der Waals surface area contributed by atoms with Gasteiger partial charge >= 0.3 is 0 Å². The van der Waals surface area contributed by atoms with Gasteiger partial charge in [0.1, 0.15) is 0 Å². The Hall–Kier alpha value is -0.820. The summed E-state index contributed by atoms with van der Waals surface area (Å²) in [6, 6.07) is 0. The zero-order valence-corrected chi connectivity index (χ0v) is 19.7. The summed E-state index contributed by atoms with van der Waals surface area (Å²) in [6.45, 7) is 13.4. The molecule has 0 saturated carbocycles. The van der Waals surface area contributed by atoms with E-state index in [9.17, 15) is 0 Å². The van der Waals surface area contributed by atoms with Crippen LogP contribution in [0.2, 0.25) is 0 Å². The maximum atomic E-state index is 3.46. The van der Waals surface area contributed by atoms with Crippen LogP contribution in [0.1, 0.15) is 92.9 Å². The van der Waals surface area contributed by atoms with E-state index in [2.05, 4.69) is 87.9 Å². The van der Waals surface area contributed by atoms with Crippen LogP contribution in [-0.2, 0) is 0 Å². The zero-order valence-electron chi connectivity index (χ0n) is 18.1. The molecule has 0 rings (SSSR count). The van der Waals surface area contributed by atoms with Crippen LogP contribution in [0.25, 0.3) is 0 Å². The molecule has 0 radical (unpaired) electrons. The van der Waals surface area contributed by atoms with Crippen LogP contribution in [0.3, 0.4) is 0 Å². The van der Waals surface area contributed by atoms with Crippen molar-refractivity contribution in [2.24, 2.45) is 0 Å². The van der Waals surface area contributed by atoms with Crippen molar-refractivity contribution in [1.82, 2.24) is 0 Å². The summed E-state index contributed by atoms with van der Waals surface area (Å²) < 4.78 is 0. The van der Waals surface area contributed by atoms with Crippen LogP contribution in [-0.4, -0.2) is 5.33 Å². The monoisotopic (exact) mass is 420 g/mol. The Morgan fingerprint density at radius 2 is 0.808 bits per heavy atom. The Morgan fingerprint density at radius 1 is 0.500 bits per heavy atom. The van der Waals surface area contributed by atoms with E-state index in [1.807, 2.05) is 0 Å². The van der Waals surface area contributed by atoms with Gasteiger partial charge in [-0.3, -0.25) is 0 Å². The molecule has 0 aliphatic carbocycles. The van der Waals surface area contributed by atoms with Crippen LogP contribution in [0, 0.1) is 0 Å². The van der Waals surface area contributed by atoms with Gasteiger partial charge in [-0.05, 0) is 92.9 Å². The van der Waals surface area contributed by atoms with E-state index < -0.39 is 0 Å². The Kier molecular flexibility index (Phi) is 15.8. The minimum absolute atomic E-state index is 0.968. The van der Waals surface area contributed by atoms with Crippen molar-refractivity contribution >= 4 is 15.9 Å². The lowest BCUT2D eigenvalue weighted by Crippen LogP contribution is -1.83. The first-order valence-electron chi connectivity index (χ1n) is 10.2. The van der Waals surface area contributed by atoms with Crippen molar-refractivity contribution in [3.8, 4) is 0 Å². The largest absolute Gasteiger partial charge is 0.0883 e. The molecule has 0 N–H and O–H groups in total. The number of halogens is 1. The topological polar surface area (TPSA) is 0 Å². The molecule has 0 saturated heterocycles. The van der Waals surface area contributed by atoms with E-state index >= 15 is 0 Å². The van der Waals surface area contributed by atoms with Gasteiger partial charge in [0, 0.05) is 5.33 Å². The van der Waals surface area contributed by atoms with Gasteiger partial charge in [-0.2, -0.15) is 0 Å². The Morgan fingerprint density at radius 3 is 1.12 bits per heavy atom. The molecular weight excluding hydrogens is 380 g/mol. The fourth-order valence-corrected chi connectivity index (χ4v) is 3.32. The van der Waals surface area contributed by atoms with Crippen molar-refractivity contribution in [1.29, 1.82) is 0 Å². The summed E-state index contributed by atoms with van der Waals surface area (Å²) in [5.41, 5.74) is 7.48. The van der Waals surface area contributed by atoms with Crippen molar-refractivity contribution < 1.29 is 0 Å². The standard InChI is InChI=1S/C25H41Br/c1-21(2)11-7-12-22(3)13-8-14-23(4)15-9-16-24(5)17-10-18-25(6)19-20-26/h11,13,15,17,19H,7-10,12,14,16,18,20H2,1-6H3/b22-13+,23-15+,24-17+,25-19+. The van der Waals surface area contributed by atoms with Crippen molar-refractivity contribution in [2.45, 2.75) is 92.9 Å². The highest BCUT2D eigenvalue weighted by Crippen LogP contribution is 2.14. The molecule has 1 heteroatoms. The fraction of sp³-hybridized carbons (Fsp3) is 0.600. The molecule has 0 aliphatic heterocycles. The molecule has 0 atom stereocenters. The predicted molar refractivity (Wildman–Crippen MR) is 125 cm³/mol. The number of alkyl halides is 1. The summed E-state index contributed by atoms with van der Waals surface area (Å²) in [4.78, 5) is 0. The first kappa shape index (κ1) is 25.2. The lowest BCUT2D eigenvalue weighted by molar-refractivity contribution is 0.891. The molecule has 0 amide bonds. The number of allylic oxidation sites excluding steroid dienone is 10. The zero-order chi connectivity index (χ0) is 19.8. The van der Waals surface area contributed by atoms with Gasteiger partial charge in [-0.25, -0.2) is 0 Å². The summed E-state index contributed by atoms with van der Waals surface area (Å²) in [5.74, 6) is 0. The normalized spacial score (nSPS) is 14.0. The molecule has 0 aliphatic rings. The SMILES string of the molecule is CC(C)=CCC/C(C)=C/CC/C(C)=C/CC/C(C)=C/CC/C(C)=C/CBr. The Balaban J connectivity index is 4.03. The molecule has 0 heterocycles. The van der Waals surface area contributed by atoms with Crippen molar-refractivity contribution in [3.05, 3.63) is 58.2 Å². The van der Waals surface area contributed by atoms with Crippen LogP contribution in [0.4, 0.5) is 0 Å². The second-order valence-corrected chi connectivity index (χ2v) is 8.44. The summed E-state index contributed by atoms with van der Waals surface area (Å²) in [7, 11) is 0. The third-order valence-corrected chi connectivity index (χ3v) is 4.94. The van der Waals surface area contributed by atoms with Crippen molar-refractivity contribution in [2.75, 3.05) is 5.33 Å². The molecule has 0 aromatic rings. The highest BCUT2D eigenvalue weighted by Gasteiger charge is 1.94. The van der Waals surface area contributed by atoms with E-state index in [0.29, 0.717) is 0 Å². The second-order valence-electron chi connectivity index (χ2n) is 7.79. The molecule has 0 spiro atoms. The summed E-state index contributed by atoms with van der Waals surface area (Å²) >= 11 is 3.46. The second kappa shape index (κ2) is 16.4. The fourth-order valence-electron chi connectivity index (χ4n) is 2.77. The van der Waals surface area contributed by atoms with Gasteiger partial charge in [-0.1, -0.05) is 74.2 Å². The average molecular weight is 422 g/mol. The van der Waals surface area contributed by atoms with Gasteiger partial charge in [-0.15, -0.1) is 0 Å². The predicted octanol–water partition coefficient (Wildman–Crippen LogP) is 9.25. The molecule has 0 aromatic heterocycles. The van der Waals surface area contributed by atoms with Crippen LogP contribution >= 0.6 is 15.9 Å². The lowest BCUT2D eigenvalue weighted by Gasteiger charge is -2.03. The molecule has 0 fully saturated rings. The minimum atomic E-state index is 0.968.